The number of amides is 1. The van der Waals surface area contributed by atoms with Crippen molar-refractivity contribution in [1.29, 1.82) is 0 Å². The number of furan rings is 1. The van der Waals surface area contributed by atoms with Gasteiger partial charge in [-0.15, -0.1) is 0 Å². The average molecular weight is 423 g/mol. The zero-order valence-corrected chi connectivity index (χ0v) is 18.2. The van der Waals surface area contributed by atoms with E-state index in [1.165, 1.54) is 41.6 Å². The van der Waals surface area contributed by atoms with E-state index in [1.54, 1.807) is 26.0 Å². The number of rotatable bonds is 8. The first-order valence-corrected chi connectivity index (χ1v) is 11.5. The van der Waals surface area contributed by atoms with Gasteiger partial charge in [0.05, 0.1) is 24.2 Å². The highest BCUT2D eigenvalue weighted by Gasteiger charge is 2.29. The third-order valence-corrected chi connectivity index (χ3v) is 7.60. The van der Waals surface area contributed by atoms with Crippen LogP contribution in [0.1, 0.15) is 49.3 Å². The normalized spacial score (nSPS) is 15.7. The smallest absolute Gasteiger partial charge is 0.246 e. The quantitative estimate of drug-likeness (QED) is 0.705. The Bertz CT molecular complexity index is 928. The fraction of sp³-hybridized carbons (Fsp3) is 0.600. The highest BCUT2D eigenvalue weighted by atomic mass is 32.2. The van der Waals surface area contributed by atoms with Gasteiger partial charge in [-0.3, -0.25) is 9.48 Å². The summed E-state index contributed by atoms with van der Waals surface area (Å²) < 4.78 is 34.1. The highest BCUT2D eigenvalue weighted by molar-refractivity contribution is 7.89. The molecule has 0 saturated heterocycles. The monoisotopic (exact) mass is 422 g/mol. The van der Waals surface area contributed by atoms with E-state index < -0.39 is 10.0 Å². The molecule has 1 fully saturated rings. The molecule has 1 saturated carbocycles. The van der Waals surface area contributed by atoms with Crippen molar-refractivity contribution in [1.82, 2.24) is 19.4 Å². The second kappa shape index (κ2) is 9.13. The van der Waals surface area contributed by atoms with Gasteiger partial charge in [-0.2, -0.15) is 9.40 Å². The molecule has 0 aromatic carbocycles. The van der Waals surface area contributed by atoms with Gasteiger partial charge in [0.1, 0.15) is 17.2 Å². The summed E-state index contributed by atoms with van der Waals surface area (Å²) in [6.07, 6.45) is 7.56. The molecule has 1 amide bonds. The topological polar surface area (TPSA) is 97.4 Å². The molecule has 0 aliphatic heterocycles. The van der Waals surface area contributed by atoms with E-state index in [4.69, 9.17) is 4.42 Å². The standard InChI is InChI=1S/C20H30N4O4S/c1-15-20(29(26,27)23(3)13-18-10-7-11-28-18)16(2)24(22-15)14-19(25)21-12-17-8-5-4-6-9-17/h7,10-11,17H,4-6,8-9,12-14H2,1-3H3,(H,21,25). The first-order valence-electron chi connectivity index (χ1n) is 10.1. The molecule has 0 spiro atoms. The molecule has 1 aliphatic rings. The minimum atomic E-state index is -3.76. The molecule has 1 N–H and O–H groups in total. The van der Waals surface area contributed by atoms with E-state index in [-0.39, 0.29) is 23.9 Å². The maximum absolute atomic E-state index is 13.1. The van der Waals surface area contributed by atoms with Crippen molar-refractivity contribution in [3.63, 3.8) is 0 Å². The van der Waals surface area contributed by atoms with Crippen LogP contribution in [0.5, 0.6) is 0 Å². The second-order valence-corrected chi connectivity index (χ2v) is 9.79. The SMILES string of the molecule is Cc1nn(CC(=O)NCC2CCCCC2)c(C)c1S(=O)(=O)N(C)Cc1ccco1. The third kappa shape index (κ3) is 5.08. The number of nitrogens with zero attached hydrogens (tertiary/aromatic N) is 3. The van der Waals surface area contributed by atoms with E-state index in [2.05, 4.69) is 10.4 Å². The molecule has 2 aromatic heterocycles. The summed E-state index contributed by atoms with van der Waals surface area (Å²) in [6.45, 7) is 4.15. The summed E-state index contributed by atoms with van der Waals surface area (Å²) in [7, 11) is -2.26. The van der Waals surface area contributed by atoms with Crippen molar-refractivity contribution >= 4 is 15.9 Å². The number of carbonyl (C=O) groups is 1. The number of hydrogen-bond acceptors (Lipinski definition) is 5. The van der Waals surface area contributed by atoms with Crippen molar-refractivity contribution in [2.45, 2.75) is 63.9 Å². The molecule has 29 heavy (non-hydrogen) atoms. The van der Waals surface area contributed by atoms with Gasteiger partial charge in [-0.1, -0.05) is 19.3 Å². The van der Waals surface area contributed by atoms with Crippen LogP contribution < -0.4 is 5.32 Å². The molecule has 8 nitrogen and oxygen atoms in total. The molecular formula is C20H30N4O4S. The van der Waals surface area contributed by atoms with Gasteiger partial charge in [0.25, 0.3) is 0 Å². The summed E-state index contributed by atoms with van der Waals surface area (Å²) in [5.41, 5.74) is 0.843. The van der Waals surface area contributed by atoms with Crippen molar-refractivity contribution < 1.29 is 17.6 Å². The predicted molar refractivity (Wildman–Crippen MR) is 109 cm³/mol. The molecule has 9 heteroatoms. The van der Waals surface area contributed by atoms with Crippen molar-refractivity contribution in [2.24, 2.45) is 5.92 Å². The van der Waals surface area contributed by atoms with Crippen LogP contribution in [0.15, 0.2) is 27.7 Å². The van der Waals surface area contributed by atoms with Crippen LogP contribution in [0, 0.1) is 19.8 Å². The molecule has 2 heterocycles. The maximum atomic E-state index is 13.1. The highest BCUT2D eigenvalue weighted by Crippen LogP contribution is 2.25. The molecule has 3 rings (SSSR count). The summed E-state index contributed by atoms with van der Waals surface area (Å²) in [4.78, 5) is 12.5. The van der Waals surface area contributed by atoms with Crippen LogP contribution in [0.2, 0.25) is 0 Å². The maximum Gasteiger partial charge on any atom is 0.246 e. The van der Waals surface area contributed by atoms with Crippen LogP contribution in [0.25, 0.3) is 0 Å². The largest absolute Gasteiger partial charge is 0.468 e. The Morgan fingerprint density at radius 1 is 1.31 bits per heavy atom. The van der Waals surface area contributed by atoms with Crippen LogP contribution >= 0.6 is 0 Å². The molecule has 2 aromatic rings. The van der Waals surface area contributed by atoms with Crippen molar-refractivity contribution in [2.75, 3.05) is 13.6 Å². The minimum Gasteiger partial charge on any atom is -0.468 e. The van der Waals surface area contributed by atoms with Gasteiger partial charge >= 0.3 is 0 Å². The lowest BCUT2D eigenvalue weighted by molar-refractivity contribution is -0.122. The lowest BCUT2D eigenvalue weighted by Gasteiger charge is -2.21. The Balaban J connectivity index is 1.67. The zero-order valence-electron chi connectivity index (χ0n) is 17.3. The van der Waals surface area contributed by atoms with Crippen LogP contribution in [-0.2, 0) is 27.9 Å². The number of carbonyl (C=O) groups excluding carboxylic acids is 1. The van der Waals surface area contributed by atoms with Gasteiger partial charge in [0.15, 0.2) is 0 Å². The summed E-state index contributed by atoms with van der Waals surface area (Å²) in [5, 5.41) is 7.29. The van der Waals surface area contributed by atoms with Gasteiger partial charge in [0, 0.05) is 13.6 Å². The average Bonchev–Trinajstić information content (AvgIpc) is 3.29. The first kappa shape index (κ1) is 21.6. The van der Waals surface area contributed by atoms with Crippen molar-refractivity contribution in [3.05, 3.63) is 35.5 Å². The Labute approximate surface area is 172 Å². The lowest BCUT2D eigenvalue weighted by atomic mass is 9.89. The van der Waals surface area contributed by atoms with Gasteiger partial charge in [-0.05, 0) is 44.7 Å². The fourth-order valence-electron chi connectivity index (χ4n) is 3.91. The van der Waals surface area contributed by atoms with Crippen LogP contribution in [-0.4, -0.2) is 42.0 Å². The number of aryl methyl sites for hydroxylation is 1. The van der Waals surface area contributed by atoms with Crippen molar-refractivity contribution in [3.8, 4) is 0 Å². The molecule has 0 unspecified atom stereocenters. The van der Waals surface area contributed by atoms with Gasteiger partial charge < -0.3 is 9.73 Å². The lowest BCUT2D eigenvalue weighted by Crippen LogP contribution is -2.33. The second-order valence-electron chi connectivity index (χ2n) is 7.81. The number of aromatic nitrogens is 2. The Morgan fingerprint density at radius 3 is 2.69 bits per heavy atom. The summed E-state index contributed by atoms with van der Waals surface area (Å²) >= 11 is 0. The number of hydrogen-bond donors (Lipinski definition) is 1. The number of nitrogens with one attached hydrogen (secondary N) is 1. The summed E-state index contributed by atoms with van der Waals surface area (Å²) in [5.74, 6) is 0.953. The third-order valence-electron chi connectivity index (χ3n) is 5.55. The number of sulfonamides is 1. The molecule has 1 aliphatic carbocycles. The molecule has 0 radical (unpaired) electrons. The van der Waals surface area contributed by atoms with Gasteiger partial charge in [-0.25, -0.2) is 8.42 Å². The Kier molecular flexibility index (Phi) is 6.79. The van der Waals surface area contributed by atoms with E-state index in [0.29, 0.717) is 29.6 Å². The summed E-state index contributed by atoms with van der Waals surface area (Å²) in [6, 6.07) is 3.45. The van der Waals surface area contributed by atoms with Crippen LogP contribution in [0.3, 0.4) is 0 Å². The Hall–Kier alpha value is -2.13. The first-order chi connectivity index (χ1) is 13.8. The molecule has 0 bridgehead atoms. The van der Waals surface area contributed by atoms with Crippen LogP contribution in [0.4, 0.5) is 0 Å². The molecular weight excluding hydrogens is 392 g/mol. The van der Waals surface area contributed by atoms with E-state index in [9.17, 15) is 13.2 Å². The molecule has 0 atom stereocenters. The fourth-order valence-corrected chi connectivity index (χ4v) is 5.41. The van der Waals surface area contributed by atoms with E-state index >= 15 is 0 Å². The van der Waals surface area contributed by atoms with Gasteiger partial charge in [0.2, 0.25) is 15.9 Å². The van der Waals surface area contributed by atoms with E-state index in [1.807, 2.05) is 0 Å². The minimum absolute atomic E-state index is 0.0107. The molecule has 160 valence electrons. The Morgan fingerprint density at radius 2 is 2.03 bits per heavy atom. The predicted octanol–water partition coefficient (Wildman–Crippen LogP) is 2.61. The van der Waals surface area contributed by atoms with E-state index in [0.717, 1.165) is 12.8 Å². The zero-order chi connectivity index (χ0) is 21.0.